The molecule has 13 heteroatoms. The molecule has 2 aromatic carbocycles. The fraction of sp³-hybridized carbons (Fsp3) is 0.222. The summed E-state index contributed by atoms with van der Waals surface area (Å²) in [6.07, 6.45) is -2.08. The third-order valence-electron chi connectivity index (χ3n) is 6.38. The maximum Gasteiger partial charge on any atom is 0.416 e. The molecule has 0 fully saturated rings. The molecule has 0 atom stereocenters. The van der Waals surface area contributed by atoms with E-state index in [1.807, 2.05) is 24.4 Å². The zero-order valence-electron chi connectivity index (χ0n) is 40.9. The van der Waals surface area contributed by atoms with Crippen molar-refractivity contribution in [2.24, 2.45) is 5.73 Å². The Morgan fingerprint density at radius 1 is 0.857 bits per heavy atom. The number of hydrogen-bond donors (Lipinski definition) is 3. The molecular formula is C36H38ClF3N6O3. The van der Waals surface area contributed by atoms with Crippen LogP contribution in [0.15, 0.2) is 85.1 Å². The largest absolute Gasteiger partial charge is 0.477 e. The van der Waals surface area contributed by atoms with Gasteiger partial charge in [-0.2, -0.15) is 13.2 Å². The van der Waals surface area contributed by atoms with Gasteiger partial charge in [-0.25, -0.2) is 14.8 Å². The molecule has 1 amide bonds. The van der Waals surface area contributed by atoms with E-state index in [1.54, 1.807) is 19.1 Å². The summed E-state index contributed by atoms with van der Waals surface area (Å²) in [7, 11) is 0. The van der Waals surface area contributed by atoms with Crippen LogP contribution in [0.25, 0.3) is 11.3 Å². The highest BCUT2D eigenvalue weighted by molar-refractivity contribution is 5.94. The summed E-state index contributed by atoms with van der Waals surface area (Å²) in [5.41, 5.74) is 3.45. The highest BCUT2D eigenvalue weighted by Crippen LogP contribution is 2.29. The number of rotatable bonds is 5. The van der Waals surface area contributed by atoms with E-state index in [0.29, 0.717) is 23.3 Å². The van der Waals surface area contributed by atoms with Crippen LogP contribution in [0.1, 0.15) is 84.9 Å². The molecule has 0 spiro atoms. The Morgan fingerprint density at radius 3 is 1.82 bits per heavy atom. The van der Waals surface area contributed by atoms with Crippen molar-refractivity contribution in [1.29, 1.82) is 1.17 Å². The van der Waals surface area contributed by atoms with E-state index in [9.17, 15) is 22.8 Å². The van der Waals surface area contributed by atoms with Gasteiger partial charge < -0.3 is 16.2 Å². The van der Waals surface area contributed by atoms with Crippen molar-refractivity contribution in [1.82, 2.24) is 24.1 Å². The van der Waals surface area contributed by atoms with E-state index in [4.69, 9.17) is 31.2 Å². The molecule has 0 saturated heterocycles. The summed E-state index contributed by atoms with van der Waals surface area (Å²) < 4.78 is 152. The first-order valence-electron chi connectivity index (χ1n) is 21.1. The van der Waals surface area contributed by atoms with Crippen LogP contribution in [-0.4, -0.2) is 36.9 Å². The van der Waals surface area contributed by atoms with Gasteiger partial charge in [-0.05, 0) is 80.9 Å². The molecule has 0 aliphatic heterocycles. The van der Waals surface area contributed by atoms with Crippen molar-refractivity contribution in [2.75, 3.05) is 0 Å². The van der Waals surface area contributed by atoms with Crippen LogP contribution in [0.5, 0.6) is 0 Å². The van der Waals surface area contributed by atoms with Crippen molar-refractivity contribution < 1.29 is 47.1 Å². The number of benzene rings is 2. The van der Waals surface area contributed by atoms with Gasteiger partial charge in [0.2, 0.25) is 0 Å². The maximum absolute atomic E-state index is 13.0. The van der Waals surface area contributed by atoms with Crippen LogP contribution in [0.4, 0.5) is 13.2 Å². The molecule has 9 nitrogen and oxygen atoms in total. The molecule has 0 bridgehead atoms. The molecule has 0 aliphatic rings. The number of nitrogens with one attached hydrogen (secondary N) is 1. The van der Waals surface area contributed by atoms with Crippen LogP contribution in [0.2, 0.25) is 0 Å². The number of carbonyl (C=O) groups is 2. The third-order valence-corrected chi connectivity index (χ3v) is 6.38. The van der Waals surface area contributed by atoms with E-state index in [2.05, 4.69) is 22.3 Å². The highest BCUT2D eigenvalue weighted by Gasteiger charge is 2.30. The van der Waals surface area contributed by atoms with Crippen LogP contribution in [0, 0.1) is 34.5 Å². The fourth-order valence-corrected chi connectivity index (χ4v) is 4.06. The van der Waals surface area contributed by atoms with Gasteiger partial charge in [0.1, 0.15) is 18.2 Å². The Kier molecular flexibility index (Phi) is 7.21. The van der Waals surface area contributed by atoms with Crippen molar-refractivity contribution >= 4 is 35.5 Å². The Hall–Kier alpha value is -5.20. The number of carbonyl (C=O) groups excluding carboxylic acids is 1. The molecule has 0 radical (unpaired) electrons. The third kappa shape index (κ3) is 9.68. The lowest BCUT2D eigenvalue weighted by Crippen LogP contribution is -2.25. The number of aryl methyl sites for hydroxylation is 5. The van der Waals surface area contributed by atoms with Gasteiger partial charge in [0.25, 0.3) is 5.91 Å². The molecule has 258 valence electrons. The van der Waals surface area contributed by atoms with Crippen LogP contribution in [0.3, 0.4) is 0 Å². The number of imidazole rings is 2. The topological polar surface area (TPSA) is 127 Å². The van der Waals surface area contributed by atoms with Crippen molar-refractivity contribution in [3.63, 3.8) is 0 Å². The van der Waals surface area contributed by atoms with Crippen LogP contribution < -0.4 is 11.1 Å². The predicted octanol–water partition coefficient (Wildman–Crippen LogP) is 7.42. The number of carboxylic acid groups (broad SMARTS) is 1. The lowest BCUT2D eigenvalue weighted by atomic mass is 10.1. The summed E-state index contributed by atoms with van der Waals surface area (Å²) in [6, 6.07) is 9.11. The number of alkyl halides is 3. The smallest absolute Gasteiger partial charge is 0.416 e. The first kappa shape index (κ1) is 21.7. The second-order valence-electron chi connectivity index (χ2n) is 10.1. The van der Waals surface area contributed by atoms with Gasteiger partial charge in [-0.15, -0.1) is 12.3 Å². The summed E-state index contributed by atoms with van der Waals surface area (Å²) in [6.45, 7) is -5.00. The maximum atomic E-state index is 13.0. The lowest BCUT2D eigenvalue weighted by Gasteiger charge is -2.09. The monoisotopic (exact) mass is 709 g/mol. The number of halogens is 4. The lowest BCUT2D eigenvalue weighted by molar-refractivity contribution is -0.137. The predicted molar refractivity (Wildman–Crippen MR) is 185 cm³/mol. The number of amides is 1. The first-order chi connectivity index (χ1) is 29.2. The fourth-order valence-electron chi connectivity index (χ4n) is 4.06. The minimum absolute atomic E-state index is 0.105. The average Bonchev–Trinajstić information content (AvgIpc) is 3.77. The molecule has 49 heavy (non-hydrogen) atoms. The van der Waals surface area contributed by atoms with Gasteiger partial charge in [0, 0.05) is 36.4 Å². The van der Waals surface area contributed by atoms with E-state index >= 15 is 0 Å². The number of pyridine rings is 2. The number of hydrogen-bond acceptors (Lipinski definition) is 5. The first-order valence-corrected chi connectivity index (χ1v) is 13.8. The zero-order valence-corrected chi connectivity index (χ0v) is 26.7. The highest BCUT2D eigenvalue weighted by atomic mass is 35.5. The molecule has 0 aliphatic carbocycles. The SMILES string of the molecule is [2H]C([2H])(N)c1ccc(C)cc1.[2H]Cl.[2H]c1c(C)cn2c(C(=O)NC([2H])([2H])c3ccc(C(F)(F)F)cc3)c(C([2H])([2H])[2H])nc2c1[2H].[2H]c1c(C)cn2c(C(=O)O)c(C([2H])([2H])[2H])nc2c1[2H]. The summed E-state index contributed by atoms with van der Waals surface area (Å²) in [5.74, 6) is -2.64. The average molecular weight is 710 g/mol. The van der Waals surface area contributed by atoms with Gasteiger partial charge in [0.15, 0.2) is 5.69 Å². The van der Waals surface area contributed by atoms with E-state index in [-0.39, 0.29) is 40.5 Å². The summed E-state index contributed by atoms with van der Waals surface area (Å²) in [5, 5.41) is 11.1. The second-order valence-corrected chi connectivity index (χ2v) is 10.1. The molecule has 0 saturated carbocycles. The Balaban J connectivity index is 0.000000286. The zero-order chi connectivity index (χ0) is 49.2. The Bertz CT molecular complexity index is 2660. The summed E-state index contributed by atoms with van der Waals surface area (Å²) >= 11 is 3.89. The quantitative estimate of drug-likeness (QED) is 0.171. The summed E-state index contributed by atoms with van der Waals surface area (Å²) in [4.78, 5) is 31.7. The van der Waals surface area contributed by atoms with E-state index < -0.39 is 79.1 Å². The van der Waals surface area contributed by atoms with E-state index in [1.165, 1.54) is 19.3 Å². The normalized spacial score (nSPS) is 16.2. The number of carboxylic acids is 1. The number of aromatic carboxylic acids is 1. The molecule has 4 heterocycles. The number of nitrogens with zero attached hydrogens (tertiary/aromatic N) is 4. The molecule has 4 N–H and O–H groups in total. The molecule has 6 rings (SSSR count). The molecule has 6 aromatic rings. The van der Waals surface area contributed by atoms with Crippen molar-refractivity contribution in [2.45, 2.75) is 53.6 Å². The van der Waals surface area contributed by atoms with Gasteiger partial charge in [-0.1, -0.05) is 54.0 Å². The molecule has 4 aromatic heterocycles. The number of fused-ring (bicyclic) bond motifs is 2. The molecule has 0 unspecified atom stereocenters. The van der Waals surface area contributed by atoms with Gasteiger partial charge in [-0.3, -0.25) is 13.6 Å². The van der Waals surface area contributed by atoms with Crippen molar-refractivity contribution in [3.05, 3.63) is 141 Å². The standard InChI is InChI=1S/C18H16F3N3O.C10H10N2O2.C8H11N.ClH/c1-11-3-8-15-23-12(2)16(24(15)10-11)17(25)22-9-13-4-6-14(7-5-13)18(19,20)21;1-6-3-4-8-11-7(2)9(10(13)14)12(8)5-6;1-7-2-4-8(6-9)5-3-7;/h3-8,10H,9H2,1-2H3,(H,22,25);3-5H,1-2H3,(H,13,14);2-5H,6,9H2,1H3;1H/i2D3,3D,8D,9D2;2D3,3D,4D;6D2;/hD. The second kappa shape index (κ2) is 16.3. The van der Waals surface area contributed by atoms with Crippen molar-refractivity contribution in [3.8, 4) is 0 Å². The van der Waals surface area contributed by atoms with Crippen LogP contribution in [-0.2, 0) is 19.2 Å². The van der Waals surface area contributed by atoms with Gasteiger partial charge in [0.05, 0.1) is 25.2 Å². The van der Waals surface area contributed by atoms with E-state index in [0.717, 1.165) is 26.5 Å². The van der Waals surface area contributed by atoms with Crippen LogP contribution >= 0.6 is 12.3 Å². The Labute approximate surface area is 308 Å². The number of aromatic nitrogens is 4. The van der Waals surface area contributed by atoms with Gasteiger partial charge >= 0.3 is 12.1 Å². The molecular weight excluding hydrogens is 657 g/mol. The minimum Gasteiger partial charge on any atom is -0.477 e. The number of nitrogens with two attached hydrogens (primary N) is 1. The minimum atomic E-state index is -4.62. The Morgan fingerprint density at radius 2 is 1.35 bits per heavy atom.